The zero-order valence-corrected chi connectivity index (χ0v) is 10.4. The van der Waals surface area contributed by atoms with Gasteiger partial charge in [0.25, 0.3) is 0 Å². The van der Waals surface area contributed by atoms with E-state index >= 15 is 0 Å². The van der Waals surface area contributed by atoms with Crippen LogP contribution in [0.3, 0.4) is 0 Å². The molecule has 2 aromatic rings. The predicted molar refractivity (Wildman–Crippen MR) is 66.7 cm³/mol. The van der Waals surface area contributed by atoms with Crippen molar-refractivity contribution in [1.29, 1.82) is 0 Å². The average Bonchev–Trinajstić information content (AvgIpc) is 2.97. The molecule has 0 aliphatic rings. The molecule has 0 spiro atoms. The molecular formula is C13H19N3O. The fourth-order valence-electron chi connectivity index (χ4n) is 1.93. The van der Waals surface area contributed by atoms with Crippen molar-refractivity contribution in [2.75, 3.05) is 0 Å². The van der Waals surface area contributed by atoms with Crippen LogP contribution in [0.1, 0.15) is 37.8 Å². The summed E-state index contributed by atoms with van der Waals surface area (Å²) in [5, 5.41) is 9.74. The molecule has 1 unspecified atom stereocenters. The summed E-state index contributed by atoms with van der Waals surface area (Å²) >= 11 is 0. The maximum absolute atomic E-state index is 9.74. The summed E-state index contributed by atoms with van der Waals surface area (Å²) in [5.74, 6) is 1.04. The van der Waals surface area contributed by atoms with Gasteiger partial charge in [0.1, 0.15) is 5.82 Å². The molecule has 4 nitrogen and oxygen atoms in total. The number of imidazole rings is 1. The van der Waals surface area contributed by atoms with Crippen molar-refractivity contribution in [3.63, 3.8) is 0 Å². The van der Waals surface area contributed by atoms with Gasteiger partial charge in [-0.15, -0.1) is 0 Å². The van der Waals surface area contributed by atoms with Crippen molar-refractivity contribution in [3.05, 3.63) is 42.2 Å². The van der Waals surface area contributed by atoms with Crippen LogP contribution in [0.25, 0.3) is 0 Å². The fourth-order valence-corrected chi connectivity index (χ4v) is 1.93. The van der Waals surface area contributed by atoms with Gasteiger partial charge in [0.2, 0.25) is 0 Å². The molecule has 92 valence electrons. The number of aryl methyl sites for hydroxylation is 1. The zero-order valence-electron chi connectivity index (χ0n) is 10.4. The fraction of sp³-hybridized carbons (Fsp3) is 0.462. The van der Waals surface area contributed by atoms with E-state index in [1.807, 2.05) is 37.8 Å². The average molecular weight is 233 g/mol. The van der Waals surface area contributed by atoms with Crippen LogP contribution >= 0.6 is 0 Å². The minimum Gasteiger partial charge on any atom is -0.388 e. The van der Waals surface area contributed by atoms with E-state index < -0.39 is 0 Å². The summed E-state index contributed by atoms with van der Waals surface area (Å²) < 4.78 is 4.18. The smallest absolute Gasteiger partial charge is 0.128 e. The first kappa shape index (κ1) is 11.9. The van der Waals surface area contributed by atoms with E-state index in [-0.39, 0.29) is 6.10 Å². The number of rotatable bonds is 5. The van der Waals surface area contributed by atoms with Gasteiger partial charge in [0.05, 0.1) is 12.6 Å². The molecule has 0 amide bonds. The van der Waals surface area contributed by atoms with E-state index in [0.717, 1.165) is 30.9 Å². The third-order valence-electron chi connectivity index (χ3n) is 3.01. The van der Waals surface area contributed by atoms with Gasteiger partial charge < -0.3 is 14.2 Å². The SMILES string of the molecule is CCC(O)c1ccn(Cc2nccn2CC)c1. The molecule has 4 heteroatoms. The van der Waals surface area contributed by atoms with Crippen LogP contribution in [0.5, 0.6) is 0 Å². The van der Waals surface area contributed by atoms with Crippen LogP contribution in [0.4, 0.5) is 0 Å². The lowest BCUT2D eigenvalue weighted by Crippen LogP contribution is -2.06. The molecule has 0 saturated heterocycles. The van der Waals surface area contributed by atoms with Crippen LogP contribution in [0, 0.1) is 0 Å². The number of nitrogens with zero attached hydrogens (tertiary/aromatic N) is 3. The standard InChI is InChI=1S/C13H19N3O/c1-3-12(17)11-5-7-15(9-11)10-13-14-6-8-16(13)4-2/h5-9,12,17H,3-4,10H2,1-2H3. The highest BCUT2D eigenvalue weighted by Gasteiger charge is 2.07. The van der Waals surface area contributed by atoms with Crippen molar-refractivity contribution in [3.8, 4) is 0 Å². The zero-order chi connectivity index (χ0) is 12.3. The summed E-state index contributed by atoms with van der Waals surface area (Å²) in [7, 11) is 0. The molecule has 17 heavy (non-hydrogen) atoms. The highest BCUT2D eigenvalue weighted by atomic mass is 16.3. The molecule has 0 saturated carbocycles. The van der Waals surface area contributed by atoms with Crippen LogP contribution in [0.15, 0.2) is 30.9 Å². The molecular weight excluding hydrogens is 214 g/mol. The molecule has 2 rings (SSSR count). The molecule has 1 N–H and O–H groups in total. The Morgan fingerprint density at radius 3 is 2.88 bits per heavy atom. The summed E-state index contributed by atoms with van der Waals surface area (Å²) in [6.45, 7) is 5.76. The molecule has 2 heterocycles. The summed E-state index contributed by atoms with van der Waals surface area (Å²) in [4.78, 5) is 4.34. The lowest BCUT2D eigenvalue weighted by Gasteiger charge is -2.06. The third kappa shape index (κ3) is 2.58. The summed E-state index contributed by atoms with van der Waals surface area (Å²) in [5.41, 5.74) is 0.974. The first-order valence-corrected chi connectivity index (χ1v) is 6.08. The normalized spacial score (nSPS) is 12.9. The number of aliphatic hydroxyl groups excluding tert-OH is 1. The Labute approximate surface area is 102 Å². The second-order valence-corrected chi connectivity index (χ2v) is 4.17. The highest BCUT2D eigenvalue weighted by molar-refractivity contribution is 5.14. The monoisotopic (exact) mass is 233 g/mol. The lowest BCUT2D eigenvalue weighted by molar-refractivity contribution is 0.173. The molecule has 0 bridgehead atoms. The number of hydrogen-bond donors (Lipinski definition) is 1. The molecule has 0 aromatic carbocycles. The van der Waals surface area contributed by atoms with Crippen LogP contribution in [0.2, 0.25) is 0 Å². The summed E-state index contributed by atoms with van der Waals surface area (Å²) in [6.07, 6.45) is 8.17. The largest absolute Gasteiger partial charge is 0.388 e. The molecule has 0 radical (unpaired) electrons. The quantitative estimate of drug-likeness (QED) is 0.860. The minimum atomic E-state index is -0.359. The first-order chi connectivity index (χ1) is 8.24. The number of hydrogen-bond acceptors (Lipinski definition) is 2. The van der Waals surface area contributed by atoms with Gasteiger partial charge in [-0.2, -0.15) is 0 Å². The Balaban J connectivity index is 2.11. The molecule has 2 aromatic heterocycles. The predicted octanol–water partition coefficient (Wildman–Crippen LogP) is 2.20. The van der Waals surface area contributed by atoms with Gasteiger partial charge in [-0.25, -0.2) is 4.98 Å². The van der Waals surface area contributed by atoms with Gasteiger partial charge >= 0.3 is 0 Å². The van der Waals surface area contributed by atoms with Gasteiger partial charge in [-0.3, -0.25) is 0 Å². The van der Waals surface area contributed by atoms with Crippen molar-refractivity contribution in [2.24, 2.45) is 0 Å². The van der Waals surface area contributed by atoms with E-state index in [1.165, 1.54) is 0 Å². The topological polar surface area (TPSA) is 43.0 Å². The van der Waals surface area contributed by atoms with Crippen LogP contribution < -0.4 is 0 Å². The van der Waals surface area contributed by atoms with E-state index in [0.29, 0.717) is 0 Å². The second-order valence-electron chi connectivity index (χ2n) is 4.17. The Kier molecular flexibility index (Phi) is 3.64. The van der Waals surface area contributed by atoms with Gasteiger partial charge in [0.15, 0.2) is 0 Å². The molecule has 0 aliphatic heterocycles. The Bertz CT molecular complexity index is 472. The Hall–Kier alpha value is -1.55. The lowest BCUT2D eigenvalue weighted by atomic mass is 10.1. The highest BCUT2D eigenvalue weighted by Crippen LogP contribution is 2.16. The van der Waals surface area contributed by atoms with Crippen molar-refractivity contribution < 1.29 is 5.11 Å². The van der Waals surface area contributed by atoms with E-state index in [1.54, 1.807) is 0 Å². The molecule has 0 aliphatic carbocycles. The minimum absolute atomic E-state index is 0.359. The van der Waals surface area contributed by atoms with Crippen molar-refractivity contribution >= 4 is 0 Å². The van der Waals surface area contributed by atoms with E-state index in [4.69, 9.17) is 0 Å². The van der Waals surface area contributed by atoms with Crippen molar-refractivity contribution in [2.45, 2.75) is 39.5 Å². The Morgan fingerprint density at radius 2 is 2.18 bits per heavy atom. The molecule has 0 fully saturated rings. The van der Waals surface area contributed by atoms with Crippen LogP contribution in [-0.2, 0) is 13.1 Å². The van der Waals surface area contributed by atoms with E-state index in [2.05, 4.69) is 21.0 Å². The van der Waals surface area contributed by atoms with Gasteiger partial charge in [-0.05, 0) is 25.0 Å². The maximum Gasteiger partial charge on any atom is 0.128 e. The first-order valence-electron chi connectivity index (χ1n) is 6.08. The van der Waals surface area contributed by atoms with Gasteiger partial charge in [-0.1, -0.05) is 6.92 Å². The van der Waals surface area contributed by atoms with Crippen LogP contribution in [-0.4, -0.2) is 19.2 Å². The molecule has 1 atom stereocenters. The Morgan fingerprint density at radius 1 is 1.35 bits per heavy atom. The maximum atomic E-state index is 9.74. The van der Waals surface area contributed by atoms with Gasteiger partial charge in [0, 0.05) is 31.3 Å². The second kappa shape index (κ2) is 5.19. The number of aromatic nitrogens is 3. The van der Waals surface area contributed by atoms with Crippen molar-refractivity contribution in [1.82, 2.24) is 14.1 Å². The summed E-state index contributed by atoms with van der Waals surface area (Å²) in [6, 6.07) is 1.97. The third-order valence-corrected chi connectivity index (χ3v) is 3.01. The number of aliphatic hydroxyl groups is 1. The van der Waals surface area contributed by atoms with E-state index in [9.17, 15) is 5.11 Å².